The largest absolute Gasteiger partial charge is 0.497 e. The number of esters is 1. The molecule has 1 heterocycles. The molecule has 0 saturated heterocycles. The predicted octanol–water partition coefficient (Wildman–Crippen LogP) is 13.5. The molecule has 0 radical (unpaired) electrons. The van der Waals surface area contributed by atoms with Crippen LogP contribution in [-0.2, 0) is 20.5 Å². The summed E-state index contributed by atoms with van der Waals surface area (Å²) >= 11 is 1.70. The third kappa shape index (κ3) is 7.04. The first-order chi connectivity index (χ1) is 30.2. The van der Waals surface area contributed by atoms with Crippen LogP contribution in [0.25, 0.3) is 28.0 Å². The van der Waals surface area contributed by atoms with Crippen LogP contribution in [0.4, 0.5) is 0 Å². The van der Waals surface area contributed by atoms with E-state index in [2.05, 4.69) is 118 Å². The summed E-state index contributed by atoms with van der Waals surface area (Å²) < 4.78 is 31.0. The van der Waals surface area contributed by atoms with Gasteiger partial charge in [0.05, 0.1) is 19.1 Å². The molecule has 2 aliphatic carbocycles. The van der Waals surface area contributed by atoms with Gasteiger partial charge in [-0.3, -0.25) is 0 Å². The van der Waals surface area contributed by atoms with Crippen LogP contribution in [0, 0.1) is 5.41 Å². The molecule has 7 heteroatoms. The second kappa shape index (κ2) is 16.7. The molecule has 6 aromatic carbocycles. The maximum atomic E-state index is 11.9. The quantitative estimate of drug-likeness (QED) is 0.0652. The van der Waals surface area contributed by atoms with Gasteiger partial charge in [0.25, 0.3) is 0 Å². The molecule has 1 saturated carbocycles. The maximum absolute atomic E-state index is 11.9. The van der Waals surface area contributed by atoms with Crippen LogP contribution in [0.15, 0.2) is 143 Å². The van der Waals surface area contributed by atoms with Crippen molar-refractivity contribution in [2.75, 3.05) is 27.4 Å². The van der Waals surface area contributed by atoms with Crippen molar-refractivity contribution in [3.63, 3.8) is 0 Å². The van der Waals surface area contributed by atoms with Gasteiger partial charge in [0.1, 0.15) is 36.2 Å². The van der Waals surface area contributed by atoms with Gasteiger partial charge in [-0.2, -0.15) is 0 Å². The predicted molar refractivity (Wildman–Crippen MR) is 250 cm³/mol. The number of ether oxygens (including phenoxy) is 5. The summed E-state index contributed by atoms with van der Waals surface area (Å²) in [6.07, 6.45) is 11.5. The zero-order valence-corrected chi connectivity index (χ0v) is 37.2. The minimum absolute atomic E-state index is 0.127. The molecule has 9 rings (SSSR count). The lowest BCUT2D eigenvalue weighted by molar-refractivity contribution is -0.139. The van der Waals surface area contributed by atoms with E-state index in [1.807, 2.05) is 30.3 Å². The first kappa shape index (κ1) is 41.4. The highest BCUT2D eigenvalue weighted by molar-refractivity contribution is 7.99. The normalized spacial score (nSPS) is 17.7. The summed E-state index contributed by atoms with van der Waals surface area (Å²) in [7, 11) is 3.46. The van der Waals surface area contributed by atoms with Crippen molar-refractivity contribution in [2.24, 2.45) is 5.41 Å². The minimum atomic E-state index is -1.01. The van der Waals surface area contributed by atoms with Crippen LogP contribution in [0.2, 0.25) is 0 Å². The third-order valence-corrected chi connectivity index (χ3v) is 14.9. The topological polar surface area (TPSA) is 63.2 Å². The van der Waals surface area contributed by atoms with E-state index in [0.29, 0.717) is 16.7 Å². The van der Waals surface area contributed by atoms with Crippen LogP contribution in [0.5, 0.6) is 23.0 Å². The molecule has 1 unspecified atom stereocenters. The first-order valence-electron chi connectivity index (χ1n) is 21.8. The SMILES string of the molecule is C=C(C)C(=O)OCCOc1ccc(C2(c3ccc(OC)cc3)C=Cc3c4c(c5cc(OC)c(Sc6ccccc6)cc5c3O2)-c2ccccc2C42CCC(CC)(CC)CC2)cc1. The fourth-order valence-electron chi connectivity index (χ4n) is 10.2. The summed E-state index contributed by atoms with van der Waals surface area (Å²) in [5.74, 6) is 2.71. The van der Waals surface area contributed by atoms with Gasteiger partial charge in [-0.1, -0.05) is 118 Å². The Labute approximate surface area is 369 Å². The van der Waals surface area contributed by atoms with Crippen molar-refractivity contribution in [1.29, 1.82) is 0 Å². The first-order valence-corrected chi connectivity index (χ1v) is 22.6. The Hall–Kier alpha value is -5.92. The Morgan fingerprint density at radius 2 is 1.42 bits per heavy atom. The van der Waals surface area contributed by atoms with Crippen molar-refractivity contribution in [2.45, 2.75) is 80.1 Å². The van der Waals surface area contributed by atoms with Crippen LogP contribution in [0.3, 0.4) is 0 Å². The van der Waals surface area contributed by atoms with Gasteiger partial charge in [-0.15, -0.1) is 0 Å². The number of methoxy groups -OCH3 is 2. The van der Waals surface area contributed by atoms with E-state index in [1.54, 1.807) is 32.9 Å². The molecule has 62 heavy (non-hydrogen) atoms. The molecule has 1 spiro atoms. The highest BCUT2D eigenvalue weighted by Crippen LogP contribution is 2.65. The third-order valence-electron chi connectivity index (χ3n) is 13.9. The number of hydrogen-bond donors (Lipinski definition) is 0. The minimum Gasteiger partial charge on any atom is -0.497 e. The Balaban J connectivity index is 1.25. The highest BCUT2D eigenvalue weighted by atomic mass is 32.2. The van der Waals surface area contributed by atoms with Crippen LogP contribution in [0.1, 0.15) is 87.1 Å². The monoisotopic (exact) mass is 842 g/mol. The Morgan fingerprint density at radius 3 is 2.06 bits per heavy atom. The van der Waals surface area contributed by atoms with Gasteiger partial charge in [0.15, 0.2) is 5.60 Å². The zero-order valence-electron chi connectivity index (χ0n) is 36.3. The molecule has 3 aliphatic rings. The number of hydrogen-bond acceptors (Lipinski definition) is 7. The van der Waals surface area contributed by atoms with Crippen molar-refractivity contribution in [3.05, 3.63) is 161 Å². The van der Waals surface area contributed by atoms with Crippen LogP contribution < -0.4 is 18.9 Å². The van der Waals surface area contributed by atoms with Gasteiger partial charge >= 0.3 is 5.97 Å². The van der Waals surface area contributed by atoms with Crippen LogP contribution >= 0.6 is 11.8 Å². The Morgan fingerprint density at radius 1 is 0.758 bits per heavy atom. The average Bonchev–Trinajstić information content (AvgIpc) is 3.60. The van der Waals surface area contributed by atoms with Gasteiger partial charge in [0.2, 0.25) is 0 Å². The maximum Gasteiger partial charge on any atom is 0.333 e. The summed E-state index contributed by atoms with van der Waals surface area (Å²) in [5, 5.41) is 2.18. The summed E-state index contributed by atoms with van der Waals surface area (Å²) in [6.45, 7) is 10.4. The lowest BCUT2D eigenvalue weighted by Crippen LogP contribution is -2.38. The Bertz CT molecular complexity index is 2670. The smallest absolute Gasteiger partial charge is 0.333 e. The van der Waals surface area contributed by atoms with Gasteiger partial charge < -0.3 is 23.7 Å². The molecule has 0 amide bonds. The Kier molecular flexibility index (Phi) is 11.2. The fourth-order valence-corrected chi connectivity index (χ4v) is 11.2. The molecule has 0 aromatic heterocycles. The van der Waals surface area contributed by atoms with E-state index in [9.17, 15) is 4.79 Å². The molecule has 6 nitrogen and oxygen atoms in total. The highest BCUT2D eigenvalue weighted by Gasteiger charge is 2.51. The van der Waals surface area contributed by atoms with Crippen molar-refractivity contribution in [1.82, 2.24) is 0 Å². The van der Waals surface area contributed by atoms with E-state index >= 15 is 0 Å². The molecular weight excluding hydrogens is 789 g/mol. The van der Waals surface area contributed by atoms with E-state index in [0.717, 1.165) is 67.3 Å². The molecule has 1 aliphatic heterocycles. The van der Waals surface area contributed by atoms with E-state index in [1.165, 1.54) is 47.9 Å². The standard InChI is InChI=1S/C55H54O6S/c1-7-53(8-2)28-30-54(31-29-53)46-17-13-12-16-42(46)49-44-34-47(58-6)48(62-41-14-10-9-11-15-41)35-45(44)51-43(50(49)54)26-27-55(61-51,37-18-22-39(57-5)23-19-37)38-20-24-40(25-21-38)59-32-33-60-52(56)36(3)4/h9-27,34-35H,3,7-8,28-33H2,1-2,4-6H3. The summed E-state index contributed by atoms with van der Waals surface area (Å²) in [4.78, 5) is 14.1. The lowest BCUT2D eigenvalue weighted by Gasteiger charge is -2.47. The zero-order chi connectivity index (χ0) is 43.1. The molecule has 0 N–H and O–H groups in total. The van der Waals surface area contributed by atoms with Gasteiger partial charge in [0, 0.05) is 38.0 Å². The molecular formula is C55H54O6S. The van der Waals surface area contributed by atoms with Crippen molar-refractivity contribution in [3.8, 4) is 34.1 Å². The van der Waals surface area contributed by atoms with Crippen molar-refractivity contribution >= 4 is 34.6 Å². The van der Waals surface area contributed by atoms with E-state index in [-0.39, 0.29) is 18.6 Å². The summed E-state index contributed by atoms with van der Waals surface area (Å²) in [6, 6.07) is 40.4. The average molecular weight is 843 g/mol. The van der Waals surface area contributed by atoms with Crippen molar-refractivity contribution < 1.29 is 28.5 Å². The van der Waals surface area contributed by atoms with Crippen LogP contribution in [-0.4, -0.2) is 33.4 Å². The summed E-state index contributed by atoms with van der Waals surface area (Å²) in [5.41, 5.74) is 8.02. The number of benzene rings is 6. The molecule has 1 atom stereocenters. The molecule has 6 aromatic rings. The lowest BCUT2D eigenvalue weighted by atomic mass is 9.58. The van der Waals surface area contributed by atoms with E-state index in [4.69, 9.17) is 23.7 Å². The second-order valence-corrected chi connectivity index (χ2v) is 18.1. The second-order valence-electron chi connectivity index (χ2n) is 17.0. The number of carbonyl (C=O) groups is 1. The number of rotatable bonds is 13. The fraction of sp³-hybridized carbons (Fsp3) is 0.291. The molecule has 0 bridgehead atoms. The number of carbonyl (C=O) groups excluding carboxylic acids is 1. The van der Waals surface area contributed by atoms with E-state index < -0.39 is 11.6 Å². The number of fused-ring (bicyclic) bond motifs is 10. The molecule has 316 valence electrons. The van der Waals surface area contributed by atoms with Gasteiger partial charge in [-0.25, -0.2) is 4.79 Å². The molecule has 1 fully saturated rings. The van der Waals surface area contributed by atoms with Gasteiger partial charge in [-0.05, 0) is 120 Å².